The van der Waals surface area contributed by atoms with Gasteiger partial charge in [-0.15, -0.1) is 0 Å². The first kappa shape index (κ1) is 11.4. The summed E-state index contributed by atoms with van der Waals surface area (Å²) in [7, 11) is 0. The van der Waals surface area contributed by atoms with E-state index < -0.39 is 11.9 Å². The second kappa shape index (κ2) is 4.41. The summed E-state index contributed by atoms with van der Waals surface area (Å²) < 4.78 is 0. The molecule has 90 valence electrons. The Morgan fingerprint density at radius 1 is 1.19 bits per heavy atom. The monoisotopic (exact) mass is 226 g/mol. The molecule has 4 atom stereocenters. The van der Waals surface area contributed by atoms with E-state index in [9.17, 15) is 9.59 Å². The second-order valence-electron chi connectivity index (χ2n) is 4.85. The van der Waals surface area contributed by atoms with Gasteiger partial charge in [-0.2, -0.15) is 0 Å². The lowest BCUT2D eigenvalue weighted by molar-refractivity contribution is -0.140. The molecule has 2 fully saturated rings. The molecule has 2 aliphatic carbocycles. The van der Waals surface area contributed by atoms with Crippen LogP contribution in [0.4, 0.5) is 0 Å². The molecule has 0 aliphatic heterocycles. The fourth-order valence-electron chi connectivity index (χ4n) is 2.39. The lowest BCUT2D eigenvalue weighted by Gasteiger charge is -2.29. The van der Waals surface area contributed by atoms with Crippen molar-refractivity contribution in [2.24, 2.45) is 17.6 Å². The Labute approximate surface area is 94.4 Å². The molecule has 0 radical (unpaired) electrons. The number of carbonyl (C=O) groups is 2. The van der Waals surface area contributed by atoms with Gasteiger partial charge in [-0.25, -0.2) is 0 Å². The number of hydrogen-bond acceptors (Lipinski definition) is 3. The van der Waals surface area contributed by atoms with Gasteiger partial charge in [0, 0.05) is 12.1 Å². The fraction of sp³-hybridized carbons (Fsp3) is 0.818. The van der Waals surface area contributed by atoms with Gasteiger partial charge in [-0.05, 0) is 19.3 Å². The van der Waals surface area contributed by atoms with Gasteiger partial charge < -0.3 is 16.2 Å². The van der Waals surface area contributed by atoms with E-state index in [2.05, 4.69) is 5.32 Å². The first-order valence-electron chi connectivity index (χ1n) is 5.88. The van der Waals surface area contributed by atoms with Crippen molar-refractivity contribution < 1.29 is 14.7 Å². The SMILES string of the molecule is NC1CCCCC1NC(=O)[C@@H]1C[C@@H]1C(=O)O. The molecule has 5 nitrogen and oxygen atoms in total. The molecule has 1 amide bonds. The van der Waals surface area contributed by atoms with Crippen molar-refractivity contribution in [1.29, 1.82) is 0 Å². The molecule has 0 saturated heterocycles. The summed E-state index contributed by atoms with van der Waals surface area (Å²) in [5, 5.41) is 11.6. The Balaban J connectivity index is 1.81. The van der Waals surface area contributed by atoms with Crippen LogP contribution < -0.4 is 11.1 Å². The van der Waals surface area contributed by atoms with E-state index in [1.54, 1.807) is 0 Å². The van der Waals surface area contributed by atoms with Gasteiger partial charge in [0.1, 0.15) is 0 Å². The molecule has 0 bridgehead atoms. The van der Waals surface area contributed by atoms with Crippen LogP contribution in [0.25, 0.3) is 0 Å². The molecule has 2 rings (SSSR count). The second-order valence-corrected chi connectivity index (χ2v) is 4.85. The predicted molar refractivity (Wildman–Crippen MR) is 57.6 cm³/mol. The third-order valence-electron chi connectivity index (χ3n) is 3.59. The first-order valence-corrected chi connectivity index (χ1v) is 5.88. The van der Waals surface area contributed by atoms with E-state index in [1.165, 1.54) is 0 Å². The van der Waals surface area contributed by atoms with Crippen molar-refractivity contribution in [3.63, 3.8) is 0 Å². The van der Waals surface area contributed by atoms with Gasteiger partial charge in [0.25, 0.3) is 0 Å². The van der Waals surface area contributed by atoms with Crippen molar-refractivity contribution in [2.75, 3.05) is 0 Å². The third kappa shape index (κ3) is 2.35. The average Bonchev–Trinajstić information content (AvgIpc) is 3.01. The van der Waals surface area contributed by atoms with Crippen LogP contribution in [0.15, 0.2) is 0 Å². The van der Waals surface area contributed by atoms with Crippen LogP contribution in [-0.2, 0) is 9.59 Å². The largest absolute Gasteiger partial charge is 0.481 e. The smallest absolute Gasteiger partial charge is 0.307 e. The Bertz CT molecular complexity index is 306. The molecule has 0 spiro atoms. The predicted octanol–water partition coefficient (Wildman–Crippen LogP) is 0.0932. The minimum atomic E-state index is -0.868. The summed E-state index contributed by atoms with van der Waals surface area (Å²) >= 11 is 0. The zero-order valence-corrected chi connectivity index (χ0v) is 9.19. The zero-order chi connectivity index (χ0) is 11.7. The van der Waals surface area contributed by atoms with Crippen molar-refractivity contribution in [3.8, 4) is 0 Å². The topological polar surface area (TPSA) is 92.4 Å². The van der Waals surface area contributed by atoms with Crippen LogP contribution in [0.5, 0.6) is 0 Å². The standard InChI is InChI=1S/C11H18N2O3/c12-8-3-1-2-4-9(8)13-10(14)6-5-7(6)11(15)16/h6-9H,1-5,12H2,(H,13,14)(H,15,16)/t6-,7+,8?,9?/m1/s1. The molecule has 4 N–H and O–H groups in total. The molecular weight excluding hydrogens is 208 g/mol. The van der Waals surface area contributed by atoms with E-state index in [-0.39, 0.29) is 23.9 Å². The van der Waals surface area contributed by atoms with Crippen molar-refractivity contribution in [1.82, 2.24) is 5.32 Å². The van der Waals surface area contributed by atoms with E-state index in [4.69, 9.17) is 10.8 Å². The van der Waals surface area contributed by atoms with Crippen LogP contribution in [0.3, 0.4) is 0 Å². The number of nitrogens with one attached hydrogen (secondary N) is 1. The Hall–Kier alpha value is -1.10. The Kier molecular flexibility index (Phi) is 3.14. The highest BCUT2D eigenvalue weighted by Crippen LogP contribution is 2.39. The lowest BCUT2D eigenvalue weighted by Crippen LogP contribution is -2.49. The quantitative estimate of drug-likeness (QED) is 0.636. The average molecular weight is 226 g/mol. The molecule has 0 aromatic carbocycles. The van der Waals surface area contributed by atoms with Crippen molar-refractivity contribution in [2.45, 2.75) is 44.2 Å². The zero-order valence-electron chi connectivity index (χ0n) is 9.19. The van der Waals surface area contributed by atoms with Gasteiger partial charge in [-0.3, -0.25) is 9.59 Å². The first-order chi connectivity index (χ1) is 7.59. The van der Waals surface area contributed by atoms with Gasteiger partial charge in [-0.1, -0.05) is 12.8 Å². The number of carbonyl (C=O) groups excluding carboxylic acids is 1. The molecular formula is C11H18N2O3. The summed E-state index contributed by atoms with van der Waals surface area (Å²) in [5.74, 6) is -1.80. The molecule has 16 heavy (non-hydrogen) atoms. The van der Waals surface area contributed by atoms with Gasteiger partial charge in [0.05, 0.1) is 11.8 Å². The van der Waals surface area contributed by atoms with E-state index >= 15 is 0 Å². The highest BCUT2D eigenvalue weighted by atomic mass is 16.4. The van der Waals surface area contributed by atoms with Gasteiger partial charge >= 0.3 is 5.97 Å². The summed E-state index contributed by atoms with van der Waals surface area (Å²) in [4.78, 5) is 22.3. The lowest BCUT2D eigenvalue weighted by atomic mass is 9.91. The minimum Gasteiger partial charge on any atom is -0.481 e. The van der Waals surface area contributed by atoms with Gasteiger partial charge in [0.15, 0.2) is 0 Å². The van der Waals surface area contributed by atoms with Crippen LogP contribution in [0, 0.1) is 11.8 Å². The fourth-order valence-corrected chi connectivity index (χ4v) is 2.39. The molecule has 5 heteroatoms. The number of nitrogens with two attached hydrogens (primary N) is 1. The van der Waals surface area contributed by atoms with Crippen LogP contribution in [-0.4, -0.2) is 29.1 Å². The van der Waals surface area contributed by atoms with Crippen LogP contribution >= 0.6 is 0 Å². The van der Waals surface area contributed by atoms with E-state index in [0.29, 0.717) is 6.42 Å². The maximum atomic E-state index is 11.7. The highest BCUT2D eigenvalue weighted by Gasteiger charge is 2.48. The number of hydrogen-bond donors (Lipinski definition) is 3. The summed E-state index contributed by atoms with van der Waals surface area (Å²) in [5.41, 5.74) is 5.91. The van der Waals surface area contributed by atoms with Gasteiger partial charge in [0.2, 0.25) is 5.91 Å². The summed E-state index contributed by atoms with van der Waals surface area (Å²) in [6, 6.07) is 0.0658. The maximum Gasteiger partial charge on any atom is 0.307 e. The molecule has 0 aromatic rings. The maximum absolute atomic E-state index is 11.7. The third-order valence-corrected chi connectivity index (χ3v) is 3.59. The van der Waals surface area contributed by atoms with Crippen molar-refractivity contribution in [3.05, 3.63) is 0 Å². The van der Waals surface area contributed by atoms with E-state index in [0.717, 1.165) is 25.7 Å². The molecule has 2 aliphatic rings. The summed E-state index contributed by atoms with van der Waals surface area (Å²) in [6.07, 6.45) is 4.54. The van der Waals surface area contributed by atoms with Crippen LogP contribution in [0.1, 0.15) is 32.1 Å². The Morgan fingerprint density at radius 3 is 2.44 bits per heavy atom. The normalized spacial score (nSPS) is 37.8. The number of aliphatic carboxylic acids is 1. The van der Waals surface area contributed by atoms with Crippen LogP contribution in [0.2, 0.25) is 0 Å². The number of rotatable bonds is 3. The Morgan fingerprint density at radius 2 is 1.88 bits per heavy atom. The number of carboxylic acid groups (broad SMARTS) is 1. The molecule has 0 aromatic heterocycles. The summed E-state index contributed by atoms with van der Waals surface area (Å²) in [6.45, 7) is 0. The minimum absolute atomic E-state index is 0.0275. The number of carboxylic acids is 1. The molecule has 2 saturated carbocycles. The highest BCUT2D eigenvalue weighted by molar-refractivity contribution is 5.89. The number of amides is 1. The molecule has 0 heterocycles. The van der Waals surface area contributed by atoms with E-state index in [1.807, 2.05) is 0 Å². The van der Waals surface area contributed by atoms with Crippen molar-refractivity contribution >= 4 is 11.9 Å². The molecule has 2 unspecified atom stereocenters.